The molecule has 0 bridgehead atoms. The Balaban J connectivity index is 1.59. The van der Waals surface area contributed by atoms with Gasteiger partial charge >= 0.3 is 5.97 Å². The van der Waals surface area contributed by atoms with Crippen molar-refractivity contribution in [1.29, 1.82) is 0 Å². The number of hydrogen-bond donors (Lipinski definition) is 0. The van der Waals surface area contributed by atoms with E-state index in [1.807, 2.05) is 43.3 Å². The molecule has 1 aromatic heterocycles. The number of fused-ring (bicyclic) bond motifs is 1. The molecule has 1 aliphatic rings. The molecule has 30 heavy (non-hydrogen) atoms. The maximum atomic E-state index is 12.9. The molecule has 2 heterocycles. The van der Waals surface area contributed by atoms with Crippen LogP contribution in [0.25, 0.3) is 22.2 Å². The van der Waals surface area contributed by atoms with Crippen LogP contribution in [-0.2, 0) is 9.53 Å². The number of amides is 1. The Morgan fingerprint density at radius 3 is 2.67 bits per heavy atom. The summed E-state index contributed by atoms with van der Waals surface area (Å²) in [5, 5.41) is 1.32. The second kappa shape index (κ2) is 8.84. The van der Waals surface area contributed by atoms with Crippen molar-refractivity contribution in [2.24, 2.45) is 0 Å². The van der Waals surface area contributed by atoms with Crippen LogP contribution in [0.3, 0.4) is 0 Å². The second-order valence-electron chi connectivity index (χ2n) is 7.59. The number of pyridine rings is 1. The van der Waals surface area contributed by atoms with Gasteiger partial charge in [0.25, 0.3) is 5.91 Å². The van der Waals surface area contributed by atoms with Crippen molar-refractivity contribution in [3.8, 4) is 11.3 Å². The van der Waals surface area contributed by atoms with Gasteiger partial charge in [-0.1, -0.05) is 41.9 Å². The average molecular weight is 423 g/mol. The normalized spacial score (nSPS) is 16.5. The van der Waals surface area contributed by atoms with E-state index >= 15 is 0 Å². The first-order valence-electron chi connectivity index (χ1n) is 10.2. The minimum Gasteiger partial charge on any atom is -0.452 e. The lowest BCUT2D eigenvalue weighted by atomic mass is 10.0. The van der Waals surface area contributed by atoms with E-state index in [0.29, 0.717) is 27.2 Å². The van der Waals surface area contributed by atoms with Crippen LogP contribution in [0.15, 0.2) is 54.6 Å². The number of hydrogen-bond acceptors (Lipinski definition) is 4. The Morgan fingerprint density at radius 1 is 1.13 bits per heavy atom. The Hall–Kier alpha value is -2.92. The molecular formula is C24H23ClN2O3. The molecule has 154 valence electrons. The summed E-state index contributed by atoms with van der Waals surface area (Å²) < 4.78 is 5.43. The zero-order chi connectivity index (χ0) is 21.1. The number of piperidine rings is 1. The molecule has 1 aliphatic heterocycles. The summed E-state index contributed by atoms with van der Waals surface area (Å²) in [5.74, 6) is -0.673. The molecule has 1 amide bonds. The number of ether oxygens (including phenoxy) is 1. The predicted octanol–water partition coefficient (Wildman–Crippen LogP) is 5.11. The summed E-state index contributed by atoms with van der Waals surface area (Å²) in [6, 6.07) is 16.6. The van der Waals surface area contributed by atoms with Gasteiger partial charge in [0.1, 0.15) is 0 Å². The van der Waals surface area contributed by atoms with Gasteiger partial charge in [-0.3, -0.25) is 4.79 Å². The van der Waals surface area contributed by atoms with Gasteiger partial charge in [0, 0.05) is 28.6 Å². The third-order valence-corrected chi connectivity index (χ3v) is 5.78. The highest BCUT2D eigenvalue weighted by molar-refractivity contribution is 6.30. The molecule has 5 nitrogen and oxygen atoms in total. The average Bonchev–Trinajstić information content (AvgIpc) is 2.77. The van der Waals surface area contributed by atoms with Crippen molar-refractivity contribution < 1.29 is 14.3 Å². The highest BCUT2D eigenvalue weighted by Crippen LogP contribution is 2.26. The van der Waals surface area contributed by atoms with Crippen molar-refractivity contribution in [1.82, 2.24) is 9.88 Å². The van der Waals surface area contributed by atoms with Crippen LogP contribution in [0.4, 0.5) is 0 Å². The number of likely N-dealkylation sites (tertiary alicyclic amines) is 1. The van der Waals surface area contributed by atoms with Crippen LogP contribution < -0.4 is 0 Å². The zero-order valence-electron chi connectivity index (χ0n) is 16.8. The van der Waals surface area contributed by atoms with Crippen molar-refractivity contribution >= 4 is 34.4 Å². The van der Waals surface area contributed by atoms with E-state index < -0.39 is 5.97 Å². The molecule has 1 atom stereocenters. The minimum atomic E-state index is -0.526. The maximum absolute atomic E-state index is 12.9. The standard InChI is InChI=1S/C24H23ClN2O3/c1-16-6-4-5-13-27(16)23(28)15-30-24(29)20-14-22(17-9-11-18(25)12-10-17)26-21-8-3-2-7-19(20)21/h2-3,7-12,14,16H,4-6,13,15H2,1H3/t16-/m0/s1. The summed E-state index contributed by atoms with van der Waals surface area (Å²) in [7, 11) is 0. The fraction of sp³-hybridized carbons (Fsp3) is 0.292. The monoisotopic (exact) mass is 422 g/mol. The number of carbonyl (C=O) groups is 2. The van der Waals surface area contributed by atoms with Gasteiger partial charge in [-0.25, -0.2) is 9.78 Å². The number of halogens is 1. The minimum absolute atomic E-state index is 0.146. The van der Waals surface area contributed by atoms with Gasteiger partial charge in [-0.05, 0) is 50.5 Å². The SMILES string of the molecule is C[C@H]1CCCCN1C(=O)COC(=O)c1cc(-c2ccc(Cl)cc2)nc2ccccc12. The molecule has 1 saturated heterocycles. The number of aromatic nitrogens is 1. The molecule has 0 spiro atoms. The number of nitrogens with zero attached hydrogens (tertiary/aromatic N) is 2. The van der Waals surface area contributed by atoms with Crippen molar-refractivity contribution in [3.63, 3.8) is 0 Å². The van der Waals surface area contributed by atoms with Gasteiger partial charge in [0.05, 0.1) is 16.8 Å². The third-order valence-electron chi connectivity index (χ3n) is 5.53. The van der Waals surface area contributed by atoms with Crippen LogP contribution in [0, 0.1) is 0 Å². The van der Waals surface area contributed by atoms with Crippen molar-refractivity contribution in [2.75, 3.05) is 13.2 Å². The van der Waals surface area contributed by atoms with Crippen LogP contribution >= 0.6 is 11.6 Å². The van der Waals surface area contributed by atoms with Crippen LogP contribution in [0.1, 0.15) is 36.5 Å². The molecule has 0 N–H and O–H groups in total. The van der Waals surface area contributed by atoms with E-state index in [-0.39, 0.29) is 18.6 Å². The lowest BCUT2D eigenvalue weighted by Crippen LogP contribution is -2.44. The van der Waals surface area contributed by atoms with Gasteiger partial charge in [0.2, 0.25) is 0 Å². The summed E-state index contributed by atoms with van der Waals surface area (Å²) in [5.41, 5.74) is 2.57. The van der Waals surface area contributed by atoms with Crippen molar-refractivity contribution in [3.05, 3.63) is 65.2 Å². The van der Waals surface area contributed by atoms with Crippen molar-refractivity contribution in [2.45, 2.75) is 32.2 Å². The molecule has 3 aromatic rings. The van der Waals surface area contributed by atoms with E-state index in [1.165, 1.54) is 0 Å². The van der Waals surface area contributed by atoms with Crippen LogP contribution in [0.5, 0.6) is 0 Å². The summed E-state index contributed by atoms with van der Waals surface area (Å²) in [6.45, 7) is 2.50. The largest absolute Gasteiger partial charge is 0.452 e. The number of benzene rings is 2. The van der Waals surface area contributed by atoms with Crippen LogP contribution in [0.2, 0.25) is 5.02 Å². The van der Waals surface area contributed by atoms with Gasteiger partial charge in [-0.2, -0.15) is 0 Å². The molecule has 0 saturated carbocycles. The van der Waals surface area contributed by atoms with E-state index in [2.05, 4.69) is 4.98 Å². The predicted molar refractivity (Wildman–Crippen MR) is 117 cm³/mol. The molecule has 0 radical (unpaired) electrons. The molecular weight excluding hydrogens is 400 g/mol. The molecule has 1 fully saturated rings. The Labute approximate surface area is 180 Å². The number of rotatable bonds is 4. The number of esters is 1. The van der Waals surface area contributed by atoms with E-state index in [4.69, 9.17) is 16.3 Å². The van der Waals surface area contributed by atoms with Gasteiger partial charge in [0.15, 0.2) is 6.61 Å². The maximum Gasteiger partial charge on any atom is 0.339 e. The highest BCUT2D eigenvalue weighted by atomic mass is 35.5. The van der Waals surface area contributed by atoms with E-state index in [0.717, 1.165) is 31.4 Å². The fourth-order valence-electron chi connectivity index (χ4n) is 3.87. The topological polar surface area (TPSA) is 59.5 Å². The first kappa shape index (κ1) is 20.4. The van der Waals surface area contributed by atoms with Gasteiger partial charge in [-0.15, -0.1) is 0 Å². The summed E-state index contributed by atoms with van der Waals surface area (Å²) in [6.07, 6.45) is 3.10. The zero-order valence-corrected chi connectivity index (χ0v) is 17.6. The summed E-state index contributed by atoms with van der Waals surface area (Å²) >= 11 is 5.99. The number of para-hydroxylation sites is 1. The third kappa shape index (κ3) is 4.31. The molecule has 4 rings (SSSR count). The first-order valence-corrected chi connectivity index (χ1v) is 10.5. The first-order chi connectivity index (χ1) is 14.5. The Kier molecular flexibility index (Phi) is 6.00. The molecule has 2 aromatic carbocycles. The van der Waals surface area contributed by atoms with Gasteiger partial charge < -0.3 is 9.64 Å². The van der Waals surface area contributed by atoms with E-state index in [9.17, 15) is 9.59 Å². The quantitative estimate of drug-likeness (QED) is 0.548. The molecule has 0 unspecified atom stereocenters. The Morgan fingerprint density at radius 2 is 1.90 bits per heavy atom. The highest BCUT2D eigenvalue weighted by Gasteiger charge is 2.24. The second-order valence-corrected chi connectivity index (χ2v) is 8.02. The Bertz CT molecular complexity index is 1080. The lowest BCUT2D eigenvalue weighted by molar-refractivity contribution is -0.137. The van der Waals surface area contributed by atoms with E-state index in [1.54, 1.807) is 23.1 Å². The van der Waals surface area contributed by atoms with Crippen LogP contribution in [-0.4, -0.2) is 41.0 Å². The summed E-state index contributed by atoms with van der Waals surface area (Å²) in [4.78, 5) is 32.0. The molecule has 6 heteroatoms. The molecule has 0 aliphatic carbocycles. The smallest absolute Gasteiger partial charge is 0.339 e. The lowest BCUT2D eigenvalue weighted by Gasteiger charge is -2.33. The number of carbonyl (C=O) groups excluding carboxylic acids is 2. The fourth-order valence-corrected chi connectivity index (χ4v) is 4.00.